The molecule has 1 amide bonds. The van der Waals surface area contributed by atoms with Crippen LogP contribution in [0.25, 0.3) is 0 Å². The number of alkyl halides is 1. The molecule has 1 saturated heterocycles. The lowest BCUT2D eigenvalue weighted by Crippen LogP contribution is -2.49. The van der Waals surface area contributed by atoms with Gasteiger partial charge in [0.25, 0.3) is 5.91 Å². The van der Waals surface area contributed by atoms with Crippen LogP contribution in [0.4, 0.5) is 4.39 Å². The molecule has 1 aromatic carbocycles. The first-order valence-electron chi connectivity index (χ1n) is 6.91. The van der Waals surface area contributed by atoms with Crippen molar-refractivity contribution in [3.05, 3.63) is 35.4 Å². The van der Waals surface area contributed by atoms with Gasteiger partial charge in [-0.1, -0.05) is 19.1 Å². The summed E-state index contributed by atoms with van der Waals surface area (Å²) in [6.45, 7) is 5.18. The van der Waals surface area contributed by atoms with Crippen molar-refractivity contribution in [2.24, 2.45) is 0 Å². The number of aryl methyl sites for hydroxylation is 1. The normalized spacial score (nSPS) is 16.6. The van der Waals surface area contributed by atoms with Gasteiger partial charge in [-0.15, -0.1) is 0 Å². The number of carbonyl (C=O) groups is 1. The maximum Gasteiger partial charge on any atom is 0.253 e. The number of hydrogen-bond acceptors (Lipinski definition) is 2. The number of rotatable bonds is 4. The summed E-state index contributed by atoms with van der Waals surface area (Å²) in [6.07, 6.45) is 0.983. The third-order valence-electron chi connectivity index (χ3n) is 3.67. The van der Waals surface area contributed by atoms with Gasteiger partial charge in [-0.3, -0.25) is 9.69 Å². The Bertz CT molecular complexity index is 411. The van der Waals surface area contributed by atoms with Crippen LogP contribution in [0.15, 0.2) is 24.3 Å². The Kier molecular flexibility index (Phi) is 4.91. The van der Waals surface area contributed by atoms with Crippen LogP contribution in [0.3, 0.4) is 0 Å². The Hall–Kier alpha value is -1.42. The molecular weight excluding hydrogens is 243 g/mol. The van der Waals surface area contributed by atoms with Gasteiger partial charge in [-0.25, -0.2) is 4.39 Å². The highest BCUT2D eigenvalue weighted by molar-refractivity contribution is 5.94. The van der Waals surface area contributed by atoms with Crippen LogP contribution < -0.4 is 0 Å². The summed E-state index contributed by atoms with van der Waals surface area (Å²) in [6, 6.07) is 7.81. The van der Waals surface area contributed by atoms with E-state index in [1.807, 2.05) is 29.2 Å². The number of hydrogen-bond donors (Lipinski definition) is 0. The first-order chi connectivity index (χ1) is 9.24. The summed E-state index contributed by atoms with van der Waals surface area (Å²) in [7, 11) is 0. The zero-order chi connectivity index (χ0) is 13.7. The van der Waals surface area contributed by atoms with Gasteiger partial charge in [0.1, 0.15) is 6.67 Å². The van der Waals surface area contributed by atoms with E-state index in [1.54, 1.807) is 0 Å². The average molecular weight is 264 g/mol. The van der Waals surface area contributed by atoms with E-state index in [-0.39, 0.29) is 12.6 Å². The van der Waals surface area contributed by atoms with Gasteiger partial charge in [0, 0.05) is 38.3 Å². The Morgan fingerprint density at radius 2 is 1.79 bits per heavy atom. The monoisotopic (exact) mass is 264 g/mol. The minimum absolute atomic E-state index is 0.0857. The molecule has 3 nitrogen and oxygen atoms in total. The third kappa shape index (κ3) is 3.53. The van der Waals surface area contributed by atoms with Crippen LogP contribution in [-0.2, 0) is 6.42 Å². The summed E-state index contributed by atoms with van der Waals surface area (Å²) >= 11 is 0. The van der Waals surface area contributed by atoms with Crippen molar-refractivity contribution in [1.82, 2.24) is 9.80 Å². The maximum atomic E-state index is 12.3. The molecule has 19 heavy (non-hydrogen) atoms. The van der Waals surface area contributed by atoms with E-state index in [0.29, 0.717) is 19.6 Å². The van der Waals surface area contributed by atoms with Gasteiger partial charge >= 0.3 is 0 Å². The van der Waals surface area contributed by atoms with E-state index >= 15 is 0 Å². The first-order valence-corrected chi connectivity index (χ1v) is 6.91. The molecule has 0 N–H and O–H groups in total. The third-order valence-corrected chi connectivity index (χ3v) is 3.67. The fraction of sp³-hybridized carbons (Fsp3) is 0.533. The Morgan fingerprint density at radius 1 is 1.16 bits per heavy atom. The van der Waals surface area contributed by atoms with Gasteiger partial charge in [-0.05, 0) is 24.1 Å². The number of benzene rings is 1. The average Bonchev–Trinajstić information content (AvgIpc) is 2.48. The van der Waals surface area contributed by atoms with Crippen LogP contribution in [0.1, 0.15) is 22.8 Å². The second kappa shape index (κ2) is 6.66. The van der Waals surface area contributed by atoms with Crippen molar-refractivity contribution in [3.8, 4) is 0 Å². The van der Waals surface area contributed by atoms with Crippen LogP contribution in [-0.4, -0.2) is 55.1 Å². The fourth-order valence-electron chi connectivity index (χ4n) is 2.36. The van der Waals surface area contributed by atoms with Crippen LogP contribution in [0, 0.1) is 0 Å². The lowest BCUT2D eigenvalue weighted by molar-refractivity contribution is 0.0630. The molecule has 0 unspecified atom stereocenters. The summed E-state index contributed by atoms with van der Waals surface area (Å²) in [4.78, 5) is 16.2. The second-order valence-corrected chi connectivity index (χ2v) is 4.87. The minimum Gasteiger partial charge on any atom is -0.336 e. The highest BCUT2D eigenvalue weighted by atomic mass is 19.1. The van der Waals surface area contributed by atoms with Crippen LogP contribution in [0.2, 0.25) is 0 Å². The number of amides is 1. The van der Waals surface area contributed by atoms with Gasteiger partial charge in [0.2, 0.25) is 0 Å². The first kappa shape index (κ1) is 14.0. The number of piperazine rings is 1. The summed E-state index contributed by atoms with van der Waals surface area (Å²) in [5.41, 5.74) is 1.99. The number of nitrogens with zero attached hydrogens (tertiary/aromatic N) is 2. The minimum atomic E-state index is -0.313. The highest BCUT2D eigenvalue weighted by Crippen LogP contribution is 2.10. The van der Waals surface area contributed by atoms with E-state index in [2.05, 4.69) is 11.8 Å². The lowest BCUT2D eigenvalue weighted by atomic mass is 10.1. The molecule has 4 heteroatoms. The molecule has 1 heterocycles. The van der Waals surface area contributed by atoms with Crippen molar-refractivity contribution >= 4 is 5.91 Å². The molecule has 104 valence electrons. The van der Waals surface area contributed by atoms with Gasteiger partial charge in [0.15, 0.2) is 0 Å². The smallest absolute Gasteiger partial charge is 0.253 e. The van der Waals surface area contributed by atoms with E-state index in [1.165, 1.54) is 5.56 Å². The second-order valence-electron chi connectivity index (χ2n) is 4.87. The predicted octanol–water partition coefficient (Wildman–Crippen LogP) is 1.98. The van der Waals surface area contributed by atoms with Crippen molar-refractivity contribution in [3.63, 3.8) is 0 Å². The van der Waals surface area contributed by atoms with Crippen molar-refractivity contribution in [2.75, 3.05) is 39.4 Å². The molecular formula is C15H21FN2O. The highest BCUT2D eigenvalue weighted by Gasteiger charge is 2.21. The van der Waals surface area contributed by atoms with Gasteiger partial charge < -0.3 is 4.90 Å². The fourth-order valence-corrected chi connectivity index (χ4v) is 2.36. The largest absolute Gasteiger partial charge is 0.336 e. The Labute approximate surface area is 114 Å². The van der Waals surface area contributed by atoms with E-state index in [0.717, 1.165) is 25.1 Å². The SMILES string of the molecule is CCc1ccc(C(=O)N2CCN(CCF)CC2)cc1. The van der Waals surface area contributed by atoms with Crippen molar-refractivity contribution in [1.29, 1.82) is 0 Å². The summed E-state index contributed by atoms with van der Waals surface area (Å²) < 4.78 is 12.2. The van der Waals surface area contributed by atoms with E-state index in [4.69, 9.17) is 0 Å². The van der Waals surface area contributed by atoms with Crippen LogP contribution >= 0.6 is 0 Å². The molecule has 0 saturated carbocycles. The molecule has 0 aromatic heterocycles. The predicted molar refractivity (Wildman–Crippen MR) is 74.1 cm³/mol. The number of carbonyl (C=O) groups excluding carboxylic acids is 1. The summed E-state index contributed by atoms with van der Waals surface area (Å²) in [5.74, 6) is 0.0857. The van der Waals surface area contributed by atoms with Crippen molar-refractivity contribution < 1.29 is 9.18 Å². The molecule has 0 radical (unpaired) electrons. The van der Waals surface area contributed by atoms with Crippen molar-refractivity contribution in [2.45, 2.75) is 13.3 Å². The molecule has 1 aromatic rings. The molecule has 1 aliphatic rings. The topological polar surface area (TPSA) is 23.6 Å². The lowest BCUT2D eigenvalue weighted by Gasteiger charge is -2.34. The molecule has 1 aliphatic heterocycles. The molecule has 1 fully saturated rings. The zero-order valence-corrected chi connectivity index (χ0v) is 11.4. The molecule has 2 rings (SSSR count). The molecule has 0 spiro atoms. The summed E-state index contributed by atoms with van der Waals surface area (Å²) in [5, 5.41) is 0. The number of halogens is 1. The quantitative estimate of drug-likeness (QED) is 0.830. The standard InChI is InChI=1S/C15H21FN2O/c1-2-13-3-5-14(6-4-13)15(19)18-11-9-17(8-7-16)10-12-18/h3-6H,2,7-12H2,1H3. The van der Waals surface area contributed by atoms with E-state index < -0.39 is 0 Å². The van der Waals surface area contributed by atoms with Gasteiger partial charge in [0.05, 0.1) is 0 Å². The van der Waals surface area contributed by atoms with E-state index in [9.17, 15) is 9.18 Å². The van der Waals surface area contributed by atoms with Crippen LogP contribution in [0.5, 0.6) is 0 Å². The van der Waals surface area contributed by atoms with Gasteiger partial charge in [-0.2, -0.15) is 0 Å². The molecule has 0 aliphatic carbocycles. The molecule has 0 atom stereocenters. The Balaban J connectivity index is 1.93. The zero-order valence-electron chi connectivity index (χ0n) is 11.4. The maximum absolute atomic E-state index is 12.3. The Morgan fingerprint density at radius 3 is 2.32 bits per heavy atom. The molecule has 0 bridgehead atoms.